The van der Waals surface area contributed by atoms with Crippen LogP contribution in [-0.2, 0) is 11.2 Å². The molecule has 0 bridgehead atoms. The number of hydrogen-bond donors (Lipinski definition) is 1. The summed E-state index contributed by atoms with van der Waals surface area (Å²) in [5, 5.41) is 2.90. The van der Waals surface area contributed by atoms with Gasteiger partial charge in [-0.15, -0.1) is 0 Å². The third-order valence-corrected chi connectivity index (χ3v) is 2.31. The van der Waals surface area contributed by atoms with Crippen LogP contribution in [0.3, 0.4) is 0 Å². The van der Waals surface area contributed by atoms with Crippen LogP contribution in [0.2, 0.25) is 0 Å². The van der Waals surface area contributed by atoms with Crippen LogP contribution < -0.4 is 5.32 Å². The molecule has 1 rings (SSSR count). The van der Waals surface area contributed by atoms with Crippen LogP contribution in [0, 0.1) is 6.92 Å². The second-order valence-corrected chi connectivity index (χ2v) is 3.45. The summed E-state index contributed by atoms with van der Waals surface area (Å²) in [5.41, 5.74) is 3.23. The number of para-hydroxylation sites is 1. The number of amides is 1. The molecule has 80 valence electrons. The maximum atomic E-state index is 11.4. The molecular weight excluding hydrogens is 186 g/mol. The maximum absolute atomic E-state index is 11.4. The van der Waals surface area contributed by atoms with Crippen LogP contribution in [0.4, 0.5) is 5.69 Å². The molecule has 1 N–H and O–H groups in total. The SMILES string of the molecule is C/C=C/C(=O)Nc1c(C)cccc1CC. The van der Waals surface area contributed by atoms with Gasteiger partial charge in [0.25, 0.3) is 0 Å². The number of aryl methyl sites for hydroxylation is 2. The Hall–Kier alpha value is -1.57. The zero-order valence-electron chi connectivity index (χ0n) is 9.50. The average Bonchev–Trinajstić information content (AvgIpc) is 2.21. The summed E-state index contributed by atoms with van der Waals surface area (Å²) in [5.74, 6) is -0.0681. The first-order valence-corrected chi connectivity index (χ1v) is 5.21. The highest BCUT2D eigenvalue weighted by atomic mass is 16.1. The Kier molecular flexibility index (Phi) is 4.10. The summed E-state index contributed by atoms with van der Waals surface area (Å²) in [6, 6.07) is 6.06. The molecule has 0 radical (unpaired) electrons. The largest absolute Gasteiger partial charge is 0.322 e. The maximum Gasteiger partial charge on any atom is 0.248 e. The Morgan fingerprint density at radius 2 is 2.20 bits per heavy atom. The van der Waals surface area contributed by atoms with Gasteiger partial charge in [-0.25, -0.2) is 0 Å². The van der Waals surface area contributed by atoms with Crippen molar-refractivity contribution < 1.29 is 4.79 Å². The van der Waals surface area contributed by atoms with Crippen molar-refractivity contribution in [1.29, 1.82) is 0 Å². The molecule has 0 unspecified atom stereocenters. The van der Waals surface area contributed by atoms with Gasteiger partial charge in [0.05, 0.1) is 0 Å². The van der Waals surface area contributed by atoms with Crippen LogP contribution in [0.15, 0.2) is 30.4 Å². The van der Waals surface area contributed by atoms with E-state index in [-0.39, 0.29) is 5.91 Å². The Morgan fingerprint density at radius 3 is 2.80 bits per heavy atom. The number of carbonyl (C=O) groups is 1. The molecule has 0 aliphatic heterocycles. The number of allylic oxidation sites excluding steroid dienone is 1. The Morgan fingerprint density at radius 1 is 1.47 bits per heavy atom. The summed E-state index contributed by atoms with van der Waals surface area (Å²) in [6.45, 7) is 5.92. The fourth-order valence-corrected chi connectivity index (χ4v) is 1.52. The molecule has 0 aliphatic carbocycles. The van der Waals surface area contributed by atoms with Gasteiger partial charge >= 0.3 is 0 Å². The lowest BCUT2D eigenvalue weighted by molar-refractivity contribution is -0.111. The van der Waals surface area contributed by atoms with Crippen molar-refractivity contribution in [3.8, 4) is 0 Å². The molecule has 0 fully saturated rings. The van der Waals surface area contributed by atoms with Gasteiger partial charge in [0.2, 0.25) is 5.91 Å². The molecule has 0 spiro atoms. The van der Waals surface area contributed by atoms with E-state index in [1.165, 1.54) is 11.6 Å². The summed E-state index contributed by atoms with van der Waals surface area (Å²) >= 11 is 0. The summed E-state index contributed by atoms with van der Waals surface area (Å²) in [7, 11) is 0. The van der Waals surface area contributed by atoms with E-state index in [0.717, 1.165) is 17.7 Å². The molecule has 0 saturated heterocycles. The molecule has 1 aromatic rings. The van der Waals surface area contributed by atoms with Gasteiger partial charge in [0.1, 0.15) is 0 Å². The third kappa shape index (κ3) is 2.94. The number of anilines is 1. The molecule has 1 aromatic carbocycles. The normalized spacial score (nSPS) is 10.6. The van der Waals surface area contributed by atoms with Crippen LogP contribution in [0.1, 0.15) is 25.0 Å². The molecular formula is C13H17NO. The van der Waals surface area contributed by atoms with E-state index in [0.29, 0.717) is 0 Å². The lowest BCUT2D eigenvalue weighted by Crippen LogP contribution is -2.10. The first-order valence-electron chi connectivity index (χ1n) is 5.21. The molecule has 0 aliphatic rings. The highest BCUT2D eigenvalue weighted by Crippen LogP contribution is 2.20. The quantitative estimate of drug-likeness (QED) is 0.751. The van der Waals surface area contributed by atoms with Crippen molar-refractivity contribution in [3.05, 3.63) is 41.5 Å². The summed E-state index contributed by atoms with van der Waals surface area (Å²) in [4.78, 5) is 11.4. The zero-order chi connectivity index (χ0) is 11.3. The standard InChI is InChI=1S/C13H17NO/c1-4-7-12(15)14-13-10(3)8-6-9-11(13)5-2/h4,6-9H,5H2,1-3H3,(H,14,15)/b7-4+. The highest BCUT2D eigenvalue weighted by molar-refractivity contribution is 6.00. The molecule has 15 heavy (non-hydrogen) atoms. The van der Waals surface area contributed by atoms with Gasteiger partial charge in [-0.2, -0.15) is 0 Å². The topological polar surface area (TPSA) is 29.1 Å². The van der Waals surface area contributed by atoms with E-state index in [1.54, 1.807) is 6.08 Å². The second kappa shape index (κ2) is 5.35. The molecule has 0 aromatic heterocycles. The third-order valence-electron chi connectivity index (χ3n) is 2.31. The van der Waals surface area contributed by atoms with Gasteiger partial charge in [0, 0.05) is 5.69 Å². The highest BCUT2D eigenvalue weighted by Gasteiger charge is 2.05. The molecule has 2 heteroatoms. The van der Waals surface area contributed by atoms with Crippen LogP contribution in [-0.4, -0.2) is 5.91 Å². The fourth-order valence-electron chi connectivity index (χ4n) is 1.52. The van der Waals surface area contributed by atoms with E-state index in [2.05, 4.69) is 12.2 Å². The first kappa shape index (κ1) is 11.5. The lowest BCUT2D eigenvalue weighted by Gasteiger charge is -2.11. The van der Waals surface area contributed by atoms with Crippen molar-refractivity contribution in [2.45, 2.75) is 27.2 Å². The van der Waals surface area contributed by atoms with Crippen LogP contribution in [0.25, 0.3) is 0 Å². The summed E-state index contributed by atoms with van der Waals surface area (Å²) in [6.07, 6.45) is 4.19. The van der Waals surface area contributed by atoms with Gasteiger partial charge in [-0.05, 0) is 37.5 Å². The van der Waals surface area contributed by atoms with Gasteiger partial charge < -0.3 is 5.32 Å². The fraction of sp³-hybridized carbons (Fsp3) is 0.308. The van der Waals surface area contributed by atoms with Crippen molar-refractivity contribution >= 4 is 11.6 Å². The van der Waals surface area contributed by atoms with Crippen molar-refractivity contribution in [2.24, 2.45) is 0 Å². The van der Waals surface area contributed by atoms with Gasteiger partial charge in [-0.1, -0.05) is 31.2 Å². The van der Waals surface area contributed by atoms with Crippen molar-refractivity contribution in [2.75, 3.05) is 5.32 Å². The average molecular weight is 203 g/mol. The molecule has 0 saturated carbocycles. The summed E-state index contributed by atoms with van der Waals surface area (Å²) < 4.78 is 0. The van der Waals surface area contributed by atoms with E-state index >= 15 is 0 Å². The number of hydrogen-bond acceptors (Lipinski definition) is 1. The van der Waals surface area contributed by atoms with Gasteiger partial charge in [0.15, 0.2) is 0 Å². The Balaban J connectivity index is 2.97. The number of carbonyl (C=O) groups excluding carboxylic acids is 1. The van der Waals surface area contributed by atoms with E-state index in [1.807, 2.05) is 32.0 Å². The number of nitrogens with one attached hydrogen (secondary N) is 1. The number of benzene rings is 1. The minimum absolute atomic E-state index is 0.0681. The zero-order valence-corrected chi connectivity index (χ0v) is 9.50. The first-order chi connectivity index (χ1) is 7.19. The number of rotatable bonds is 3. The van der Waals surface area contributed by atoms with E-state index < -0.39 is 0 Å². The monoisotopic (exact) mass is 203 g/mol. The van der Waals surface area contributed by atoms with E-state index in [4.69, 9.17) is 0 Å². The van der Waals surface area contributed by atoms with Crippen molar-refractivity contribution in [1.82, 2.24) is 0 Å². The van der Waals surface area contributed by atoms with Crippen LogP contribution >= 0.6 is 0 Å². The van der Waals surface area contributed by atoms with Gasteiger partial charge in [-0.3, -0.25) is 4.79 Å². The smallest absolute Gasteiger partial charge is 0.248 e. The van der Waals surface area contributed by atoms with Crippen LogP contribution in [0.5, 0.6) is 0 Å². The predicted octanol–water partition coefficient (Wildman–Crippen LogP) is 3.07. The minimum Gasteiger partial charge on any atom is -0.322 e. The minimum atomic E-state index is -0.0681. The molecule has 1 amide bonds. The Labute approximate surface area is 91.0 Å². The molecule has 2 nitrogen and oxygen atoms in total. The van der Waals surface area contributed by atoms with Crippen molar-refractivity contribution in [3.63, 3.8) is 0 Å². The molecule has 0 atom stereocenters. The molecule has 0 heterocycles. The predicted molar refractivity (Wildman–Crippen MR) is 64.0 cm³/mol. The Bertz CT molecular complexity index is 380. The second-order valence-electron chi connectivity index (χ2n) is 3.45. The van der Waals surface area contributed by atoms with E-state index in [9.17, 15) is 4.79 Å². The lowest BCUT2D eigenvalue weighted by atomic mass is 10.1.